The van der Waals surface area contributed by atoms with Gasteiger partial charge in [-0.25, -0.2) is 0 Å². The van der Waals surface area contributed by atoms with Gasteiger partial charge in [-0.2, -0.15) is 0 Å². The van der Waals surface area contributed by atoms with E-state index in [1.165, 1.54) is 75.8 Å². The van der Waals surface area contributed by atoms with Gasteiger partial charge in [0, 0.05) is 48.2 Å². The van der Waals surface area contributed by atoms with Gasteiger partial charge in [0.1, 0.15) is 11.5 Å². The molecule has 1 spiro atoms. The van der Waals surface area contributed by atoms with Gasteiger partial charge >= 0.3 is 0 Å². The second kappa shape index (κ2) is 15.1. The fourth-order valence-corrected chi connectivity index (χ4v) is 13.4. The predicted octanol–water partition coefficient (Wildman–Crippen LogP) is 18.6. The summed E-state index contributed by atoms with van der Waals surface area (Å²) in [6.45, 7) is 0. The number of anilines is 3. The quantitative estimate of drug-likeness (QED) is 0.174. The average molecular weight is 908 g/mol. The lowest BCUT2D eigenvalue weighted by Gasteiger charge is -2.36. The maximum atomic E-state index is 6.69. The Kier molecular flexibility index (Phi) is 8.48. The van der Waals surface area contributed by atoms with E-state index in [1.54, 1.807) is 0 Å². The molecule has 15 rings (SSSR count). The van der Waals surface area contributed by atoms with Crippen LogP contribution in [0, 0.1) is 0 Å². The number of thiophene rings is 1. The molecule has 0 N–H and O–H groups in total. The third-order valence-corrected chi connectivity index (χ3v) is 16.3. The van der Waals surface area contributed by atoms with Crippen LogP contribution < -0.4 is 9.64 Å². The number of hydrogen-bond donors (Lipinski definition) is 0. The normalized spacial score (nSPS) is 14.5. The fourth-order valence-electron chi connectivity index (χ4n) is 12.3. The molecule has 1 unspecified atom stereocenters. The highest BCUT2D eigenvalue weighted by Crippen LogP contribution is 2.64. The van der Waals surface area contributed by atoms with Crippen LogP contribution in [0.1, 0.15) is 22.3 Å². The van der Waals surface area contributed by atoms with Crippen molar-refractivity contribution in [1.29, 1.82) is 0 Å². The molecule has 1 aromatic heterocycles. The number of fused-ring (bicyclic) bond motifs is 21. The van der Waals surface area contributed by atoms with E-state index in [-0.39, 0.29) is 0 Å². The van der Waals surface area contributed by atoms with Crippen LogP contribution in [-0.2, 0) is 5.41 Å². The van der Waals surface area contributed by atoms with E-state index in [2.05, 4.69) is 254 Å². The first kappa shape index (κ1) is 39.3. The van der Waals surface area contributed by atoms with Gasteiger partial charge in [0.05, 0.1) is 11.1 Å². The van der Waals surface area contributed by atoms with Crippen molar-refractivity contribution in [3.05, 3.63) is 271 Å². The van der Waals surface area contributed by atoms with Crippen molar-refractivity contribution in [1.82, 2.24) is 0 Å². The second-order valence-corrected chi connectivity index (χ2v) is 19.7. The largest absolute Gasteiger partial charge is 0.456 e. The Bertz CT molecular complexity index is 4130. The summed E-state index contributed by atoms with van der Waals surface area (Å²) in [7, 11) is 0. The number of nitrogens with zero attached hydrogens (tertiary/aromatic N) is 1. The third-order valence-electron chi connectivity index (χ3n) is 15.1. The van der Waals surface area contributed by atoms with Crippen molar-refractivity contribution >= 4 is 48.6 Å². The fraction of sp³-hybridized carbons (Fsp3) is 0.0149. The van der Waals surface area contributed by atoms with E-state index in [4.69, 9.17) is 4.74 Å². The van der Waals surface area contributed by atoms with Crippen molar-refractivity contribution < 1.29 is 4.74 Å². The van der Waals surface area contributed by atoms with Crippen LogP contribution in [0.5, 0.6) is 11.5 Å². The molecule has 0 fully saturated rings. The lowest BCUT2D eigenvalue weighted by molar-refractivity contribution is 0.488. The number of hydrogen-bond acceptors (Lipinski definition) is 3. The zero-order chi connectivity index (χ0) is 45.9. The lowest BCUT2D eigenvalue weighted by atomic mass is 9.66. The number of para-hydroxylation sites is 3. The van der Waals surface area contributed by atoms with E-state index < -0.39 is 5.41 Å². The second-order valence-electron chi connectivity index (χ2n) is 18.6. The molecule has 12 aromatic rings. The van der Waals surface area contributed by atoms with Gasteiger partial charge in [-0.3, -0.25) is 0 Å². The highest BCUT2D eigenvalue weighted by molar-refractivity contribution is 7.26. The molecule has 0 bridgehead atoms. The maximum absolute atomic E-state index is 6.69. The molecule has 0 amide bonds. The average Bonchev–Trinajstić information content (AvgIpc) is 3.87. The van der Waals surface area contributed by atoms with Crippen LogP contribution in [0.3, 0.4) is 0 Å². The summed E-state index contributed by atoms with van der Waals surface area (Å²) in [5.74, 6) is 1.70. The Labute approximate surface area is 410 Å². The van der Waals surface area contributed by atoms with Crippen LogP contribution >= 0.6 is 11.3 Å². The van der Waals surface area contributed by atoms with E-state index in [0.717, 1.165) is 61.9 Å². The number of rotatable bonds is 4. The highest BCUT2D eigenvalue weighted by Gasteiger charge is 2.50. The Morgan fingerprint density at radius 2 is 0.843 bits per heavy atom. The topological polar surface area (TPSA) is 12.5 Å². The number of ether oxygens (including phenoxy) is 1. The SMILES string of the molecule is c1ccc(-c2ccccc2N(c2ccc3c(c2)-c2ccccc2Oc2ccccc2-3)c2ccc3c(c2)-c2ccccc2-c2ccccc2C32c3ccccc3-c3c2ccc2sc4ccccc4c32)cc1. The van der Waals surface area contributed by atoms with E-state index in [1.807, 2.05) is 11.3 Å². The molecule has 2 nitrogen and oxygen atoms in total. The van der Waals surface area contributed by atoms with Gasteiger partial charge < -0.3 is 9.64 Å². The smallest absolute Gasteiger partial charge is 0.135 e. The van der Waals surface area contributed by atoms with E-state index in [9.17, 15) is 0 Å². The van der Waals surface area contributed by atoms with Crippen molar-refractivity contribution in [3.63, 3.8) is 0 Å². The molecule has 0 saturated carbocycles. The summed E-state index contributed by atoms with van der Waals surface area (Å²) in [5, 5.41) is 2.67. The Morgan fingerprint density at radius 3 is 1.61 bits per heavy atom. The molecule has 326 valence electrons. The van der Waals surface area contributed by atoms with Crippen LogP contribution in [0.15, 0.2) is 249 Å². The van der Waals surface area contributed by atoms with Crippen LogP contribution in [0.2, 0.25) is 0 Å². The maximum Gasteiger partial charge on any atom is 0.135 e. The van der Waals surface area contributed by atoms with Crippen molar-refractivity contribution in [3.8, 4) is 78.3 Å². The first-order valence-corrected chi connectivity index (χ1v) is 24.9. The lowest BCUT2D eigenvalue weighted by Crippen LogP contribution is -2.29. The third kappa shape index (κ3) is 5.49. The first-order chi connectivity index (χ1) is 34.7. The molecule has 3 heteroatoms. The van der Waals surface area contributed by atoms with Gasteiger partial charge in [0.25, 0.3) is 0 Å². The van der Waals surface area contributed by atoms with Crippen molar-refractivity contribution in [2.75, 3.05) is 4.90 Å². The van der Waals surface area contributed by atoms with E-state index >= 15 is 0 Å². The molecular formula is C67H41NOS. The first-order valence-electron chi connectivity index (χ1n) is 24.1. The molecular weight excluding hydrogens is 867 g/mol. The predicted molar refractivity (Wildman–Crippen MR) is 292 cm³/mol. The zero-order valence-electron chi connectivity index (χ0n) is 37.9. The van der Waals surface area contributed by atoms with Crippen molar-refractivity contribution in [2.45, 2.75) is 5.41 Å². The molecule has 1 aliphatic heterocycles. The summed E-state index contributed by atoms with van der Waals surface area (Å²) in [4.78, 5) is 2.48. The highest BCUT2D eigenvalue weighted by atomic mass is 32.1. The summed E-state index contributed by atoms with van der Waals surface area (Å²) in [6, 6.07) is 92.1. The monoisotopic (exact) mass is 907 g/mol. The molecule has 0 radical (unpaired) electrons. The summed E-state index contributed by atoms with van der Waals surface area (Å²) in [5.41, 5.74) is 22.1. The molecule has 2 aliphatic carbocycles. The summed E-state index contributed by atoms with van der Waals surface area (Å²) >= 11 is 1.89. The Morgan fingerprint density at radius 1 is 0.329 bits per heavy atom. The standard InChI is InChI=1S/C67H41NOS/c1-2-18-42(19-3-1)45-20-8-14-30-60(45)68(43-34-36-48-50-24-9-15-31-61(50)69-62-32-16-10-25-51(62)54(48)40-43)44-35-37-58-55(41-44)47-22-5-4-21-46(47)49-23-6-12-28-56(49)67(58)57-29-13-7-26-52(57)65-59(67)38-39-64-66(65)53-27-11-17-33-63(53)70-64/h1-41H. The molecule has 1 atom stereocenters. The Balaban J connectivity index is 1.04. The minimum absolute atomic E-state index is 0.624. The van der Waals surface area contributed by atoms with Crippen LogP contribution in [-0.4, -0.2) is 0 Å². The summed E-state index contributed by atoms with van der Waals surface area (Å²) < 4.78 is 9.32. The van der Waals surface area contributed by atoms with Gasteiger partial charge in [0.15, 0.2) is 0 Å². The molecule has 70 heavy (non-hydrogen) atoms. The molecule has 11 aromatic carbocycles. The molecule has 0 saturated heterocycles. The van der Waals surface area contributed by atoms with Gasteiger partial charge in [-0.05, 0) is 127 Å². The van der Waals surface area contributed by atoms with Gasteiger partial charge in [-0.1, -0.05) is 194 Å². The van der Waals surface area contributed by atoms with Crippen LogP contribution in [0.25, 0.3) is 86.9 Å². The van der Waals surface area contributed by atoms with Crippen LogP contribution in [0.4, 0.5) is 17.1 Å². The summed E-state index contributed by atoms with van der Waals surface area (Å²) in [6.07, 6.45) is 0. The molecule has 3 aliphatic rings. The molecule has 2 heterocycles. The minimum atomic E-state index is -0.624. The minimum Gasteiger partial charge on any atom is -0.456 e. The Hall–Kier alpha value is -8.76. The van der Waals surface area contributed by atoms with E-state index in [0.29, 0.717) is 0 Å². The van der Waals surface area contributed by atoms with Gasteiger partial charge in [-0.15, -0.1) is 11.3 Å². The zero-order valence-corrected chi connectivity index (χ0v) is 38.8. The van der Waals surface area contributed by atoms with Crippen molar-refractivity contribution in [2.24, 2.45) is 0 Å². The number of benzene rings is 11. The van der Waals surface area contributed by atoms with Gasteiger partial charge in [0.2, 0.25) is 0 Å².